The molecular formula is C25H24FN5O4. The van der Waals surface area contributed by atoms with Crippen molar-refractivity contribution in [3.8, 4) is 23.3 Å². The first-order chi connectivity index (χ1) is 16.8. The number of benzene rings is 1. The van der Waals surface area contributed by atoms with Crippen molar-refractivity contribution in [1.29, 1.82) is 0 Å². The van der Waals surface area contributed by atoms with E-state index in [4.69, 9.17) is 15.2 Å². The number of methoxy groups -OCH3 is 2. The third-order valence-electron chi connectivity index (χ3n) is 5.91. The molecule has 10 heteroatoms. The van der Waals surface area contributed by atoms with Crippen LogP contribution in [0.1, 0.15) is 41.0 Å². The number of ketones is 1. The number of likely N-dealkylation sites (tertiary alicyclic amines) is 1. The molecule has 0 aliphatic carbocycles. The third kappa shape index (κ3) is 4.28. The molecule has 2 aromatic heterocycles. The van der Waals surface area contributed by atoms with Gasteiger partial charge in [0.1, 0.15) is 17.3 Å². The maximum Gasteiger partial charge on any atom is 0.246 e. The Morgan fingerprint density at radius 1 is 1.29 bits per heavy atom. The molecule has 1 aromatic carbocycles. The van der Waals surface area contributed by atoms with Gasteiger partial charge < -0.3 is 20.1 Å². The van der Waals surface area contributed by atoms with E-state index in [0.29, 0.717) is 41.7 Å². The summed E-state index contributed by atoms with van der Waals surface area (Å²) in [5.41, 5.74) is 7.29. The molecule has 0 bridgehead atoms. The van der Waals surface area contributed by atoms with Gasteiger partial charge >= 0.3 is 0 Å². The number of aromatic nitrogens is 3. The second-order valence-corrected chi connectivity index (χ2v) is 8.00. The lowest BCUT2D eigenvalue weighted by molar-refractivity contribution is -0.125. The highest BCUT2D eigenvalue weighted by Gasteiger charge is 2.30. The van der Waals surface area contributed by atoms with Gasteiger partial charge in [-0.2, -0.15) is 5.10 Å². The van der Waals surface area contributed by atoms with E-state index >= 15 is 0 Å². The first-order valence-electron chi connectivity index (χ1n) is 10.8. The Balaban J connectivity index is 1.89. The van der Waals surface area contributed by atoms with Crippen molar-refractivity contribution in [2.75, 3.05) is 33.0 Å². The highest BCUT2D eigenvalue weighted by atomic mass is 19.1. The van der Waals surface area contributed by atoms with E-state index < -0.39 is 5.82 Å². The number of halogens is 1. The minimum atomic E-state index is -0.644. The molecule has 3 aromatic rings. The van der Waals surface area contributed by atoms with Crippen LogP contribution in [0.25, 0.3) is 10.9 Å². The van der Waals surface area contributed by atoms with E-state index in [2.05, 4.69) is 28.5 Å². The lowest BCUT2D eigenvalue weighted by Crippen LogP contribution is -2.27. The summed E-state index contributed by atoms with van der Waals surface area (Å²) in [6.45, 7) is 5.87. The van der Waals surface area contributed by atoms with E-state index in [-0.39, 0.29) is 40.6 Å². The smallest absolute Gasteiger partial charge is 0.246 e. The lowest BCUT2D eigenvalue weighted by Gasteiger charge is -2.16. The number of Topliss-reactive ketones (excluding diaryl/α,β-unsaturated/α-hetero) is 1. The summed E-state index contributed by atoms with van der Waals surface area (Å²) in [6.07, 6.45) is 3.29. The number of pyridine rings is 1. The van der Waals surface area contributed by atoms with Crippen molar-refractivity contribution in [3.63, 3.8) is 0 Å². The quantitative estimate of drug-likeness (QED) is 0.342. The van der Waals surface area contributed by atoms with E-state index in [1.807, 2.05) is 0 Å². The number of carbonyl (C=O) groups is 2. The minimum Gasteiger partial charge on any atom is -0.497 e. The first-order valence-corrected chi connectivity index (χ1v) is 10.8. The molecule has 3 heterocycles. The normalized spacial score (nSPS) is 15.0. The highest BCUT2D eigenvalue weighted by Crippen LogP contribution is 2.32. The van der Waals surface area contributed by atoms with Crippen molar-refractivity contribution in [3.05, 3.63) is 53.6 Å². The van der Waals surface area contributed by atoms with Crippen molar-refractivity contribution in [2.45, 2.75) is 19.4 Å². The summed E-state index contributed by atoms with van der Waals surface area (Å²) in [5, 5.41) is 5.04. The van der Waals surface area contributed by atoms with Gasteiger partial charge in [0.25, 0.3) is 0 Å². The standard InChI is InChI=1S/C25H24FN5O4/c1-5-21(33)30-9-8-16(13-30)31-24-18(14(2)32)12-28-25(27)22(24)19(29-31)7-6-15-10-17(34-3)11-20(35-4)23(15)26/h5,10-12,16H,1,8-9,13H2,2-4H3,(H2,27,28)/t16-/m0/s1. The van der Waals surface area contributed by atoms with Gasteiger partial charge in [0.2, 0.25) is 5.91 Å². The number of carbonyl (C=O) groups excluding carboxylic acids is 2. The van der Waals surface area contributed by atoms with Gasteiger partial charge in [-0.25, -0.2) is 9.37 Å². The van der Waals surface area contributed by atoms with Crippen LogP contribution in [0.3, 0.4) is 0 Å². The van der Waals surface area contributed by atoms with E-state index in [0.717, 1.165) is 0 Å². The number of rotatable bonds is 5. The maximum absolute atomic E-state index is 14.8. The van der Waals surface area contributed by atoms with Crippen LogP contribution in [0, 0.1) is 17.7 Å². The molecule has 1 aliphatic heterocycles. The summed E-state index contributed by atoms with van der Waals surface area (Å²) in [4.78, 5) is 30.3. The van der Waals surface area contributed by atoms with Crippen LogP contribution in [0.15, 0.2) is 31.0 Å². The maximum atomic E-state index is 14.8. The summed E-state index contributed by atoms with van der Waals surface area (Å²) < 4.78 is 26.8. The molecule has 9 nitrogen and oxygen atoms in total. The SMILES string of the molecule is C=CC(=O)N1CC[C@H](n2nc(C#Cc3cc(OC)cc(OC)c3F)c3c(N)ncc(C(C)=O)c32)C1. The molecule has 1 saturated heterocycles. The average Bonchev–Trinajstić information content (AvgIpc) is 3.48. The van der Waals surface area contributed by atoms with E-state index in [9.17, 15) is 14.0 Å². The number of hydrogen-bond acceptors (Lipinski definition) is 7. The van der Waals surface area contributed by atoms with Crippen LogP contribution < -0.4 is 15.2 Å². The van der Waals surface area contributed by atoms with Crippen LogP contribution in [0.5, 0.6) is 11.5 Å². The van der Waals surface area contributed by atoms with Crippen LogP contribution in [-0.2, 0) is 4.79 Å². The second-order valence-electron chi connectivity index (χ2n) is 8.00. The predicted molar refractivity (Wildman–Crippen MR) is 128 cm³/mol. The van der Waals surface area contributed by atoms with Crippen molar-refractivity contribution >= 4 is 28.4 Å². The largest absolute Gasteiger partial charge is 0.497 e. The predicted octanol–water partition coefficient (Wildman–Crippen LogP) is 2.73. The van der Waals surface area contributed by atoms with Gasteiger partial charge in [-0.05, 0) is 31.4 Å². The first kappa shape index (κ1) is 23.8. The Labute approximate surface area is 201 Å². The molecule has 0 spiro atoms. The molecule has 35 heavy (non-hydrogen) atoms. The third-order valence-corrected chi connectivity index (χ3v) is 5.91. The molecule has 180 valence electrons. The molecule has 0 radical (unpaired) electrons. The zero-order valence-corrected chi connectivity index (χ0v) is 19.6. The summed E-state index contributed by atoms with van der Waals surface area (Å²) >= 11 is 0. The fourth-order valence-electron chi connectivity index (χ4n) is 4.13. The van der Waals surface area contributed by atoms with Crippen LogP contribution in [0.2, 0.25) is 0 Å². The Hall–Kier alpha value is -4.39. The molecule has 2 N–H and O–H groups in total. The fourth-order valence-corrected chi connectivity index (χ4v) is 4.13. The van der Waals surface area contributed by atoms with Crippen molar-refractivity contribution < 1.29 is 23.5 Å². The average molecular weight is 477 g/mol. The number of nitrogens with zero attached hydrogens (tertiary/aromatic N) is 4. The molecular weight excluding hydrogens is 453 g/mol. The highest BCUT2D eigenvalue weighted by molar-refractivity contribution is 6.09. The van der Waals surface area contributed by atoms with Crippen LogP contribution >= 0.6 is 0 Å². The Morgan fingerprint density at radius 3 is 2.71 bits per heavy atom. The summed E-state index contributed by atoms with van der Waals surface area (Å²) in [6, 6.07) is 2.65. The lowest BCUT2D eigenvalue weighted by atomic mass is 10.1. The Kier molecular flexibility index (Phi) is 6.42. The topological polar surface area (TPSA) is 113 Å². The van der Waals surface area contributed by atoms with E-state index in [1.54, 1.807) is 9.58 Å². The molecule has 1 aliphatic rings. The minimum absolute atomic E-state index is 0.0120. The number of nitrogen functional groups attached to an aromatic ring is 1. The number of amides is 1. The van der Waals surface area contributed by atoms with Gasteiger partial charge in [-0.15, -0.1) is 0 Å². The fraction of sp³-hybridized carbons (Fsp3) is 0.280. The molecule has 1 fully saturated rings. The monoisotopic (exact) mass is 477 g/mol. The van der Waals surface area contributed by atoms with Gasteiger partial charge in [0.05, 0.1) is 42.3 Å². The van der Waals surface area contributed by atoms with Gasteiger partial charge in [0, 0.05) is 25.4 Å². The van der Waals surface area contributed by atoms with E-state index in [1.165, 1.54) is 45.5 Å². The Bertz CT molecular complexity index is 1420. The van der Waals surface area contributed by atoms with Crippen LogP contribution in [-0.4, -0.2) is 58.7 Å². The molecule has 1 atom stereocenters. The molecule has 4 rings (SSSR count). The molecule has 0 unspecified atom stereocenters. The van der Waals surface area contributed by atoms with Crippen molar-refractivity contribution in [1.82, 2.24) is 19.7 Å². The van der Waals surface area contributed by atoms with Gasteiger partial charge in [0.15, 0.2) is 17.3 Å². The van der Waals surface area contributed by atoms with Gasteiger partial charge in [-0.3, -0.25) is 14.3 Å². The molecule has 1 amide bonds. The van der Waals surface area contributed by atoms with Crippen LogP contribution in [0.4, 0.5) is 10.2 Å². The number of anilines is 1. The number of ether oxygens (including phenoxy) is 2. The second kappa shape index (κ2) is 9.46. The Morgan fingerprint density at radius 2 is 2.06 bits per heavy atom. The van der Waals surface area contributed by atoms with Crippen molar-refractivity contribution in [2.24, 2.45) is 0 Å². The van der Waals surface area contributed by atoms with Gasteiger partial charge in [-0.1, -0.05) is 12.5 Å². The molecule has 0 saturated carbocycles. The number of nitrogens with two attached hydrogens (primary N) is 1. The zero-order chi connectivity index (χ0) is 25.3. The number of hydrogen-bond donors (Lipinski definition) is 1. The zero-order valence-electron chi connectivity index (χ0n) is 19.6. The number of fused-ring (bicyclic) bond motifs is 1. The summed E-state index contributed by atoms with van der Waals surface area (Å²) in [5.74, 6) is 5.12. The summed E-state index contributed by atoms with van der Waals surface area (Å²) in [7, 11) is 2.80.